The zero-order valence-corrected chi connectivity index (χ0v) is 10.00. The second-order valence-electron chi connectivity index (χ2n) is 4.78. The van der Waals surface area contributed by atoms with Crippen molar-refractivity contribution in [3.05, 3.63) is 0 Å². The highest BCUT2D eigenvalue weighted by Crippen LogP contribution is 2.09. The van der Waals surface area contributed by atoms with Crippen LogP contribution in [0.2, 0.25) is 0 Å². The highest BCUT2D eigenvalue weighted by molar-refractivity contribution is 4.78. The van der Waals surface area contributed by atoms with Crippen LogP contribution in [0.15, 0.2) is 0 Å². The van der Waals surface area contributed by atoms with Gasteiger partial charge in [0.05, 0.1) is 12.5 Å². The van der Waals surface area contributed by atoms with Crippen molar-refractivity contribution in [3.8, 4) is 6.07 Å². The van der Waals surface area contributed by atoms with Crippen molar-refractivity contribution in [2.45, 2.75) is 39.2 Å². The van der Waals surface area contributed by atoms with E-state index in [1.165, 1.54) is 32.5 Å². The van der Waals surface area contributed by atoms with E-state index in [0.717, 1.165) is 6.54 Å². The third-order valence-corrected chi connectivity index (χ3v) is 2.98. The molecule has 1 rings (SSSR count). The molecular weight excluding hydrogens is 186 g/mol. The smallest absolute Gasteiger partial charge is 0.0638 e. The van der Waals surface area contributed by atoms with E-state index in [9.17, 15) is 0 Å². The first-order chi connectivity index (χ1) is 7.22. The van der Waals surface area contributed by atoms with Gasteiger partial charge in [-0.3, -0.25) is 0 Å². The zero-order chi connectivity index (χ0) is 11.1. The number of likely N-dealkylation sites (tertiary alicyclic amines) is 1. The Balaban J connectivity index is 2.07. The molecule has 1 N–H and O–H groups in total. The SMILES string of the molecule is CC(CNC(C)CC#N)CN1CCCC1. The van der Waals surface area contributed by atoms with E-state index < -0.39 is 0 Å². The molecule has 3 nitrogen and oxygen atoms in total. The van der Waals surface area contributed by atoms with E-state index in [1.807, 2.05) is 0 Å². The zero-order valence-electron chi connectivity index (χ0n) is 10.00. The average molecular weight is 209 g/mol. The molecule has 2 atom stereocenters. The maximum absolute atomic E-state index is 8.53. The van der Waals surface area contributed by atoms with E-state index in [1.54, 1.807) is 0 Å². The van der Waals surface area contributed by atoms with Crippen molar-refractivity contribution in [1.29, 1.82) is 5.26 Å². The van der Waals surface area contributed by atoms with E-state index in [0.29, 0.717) is 18.4 Å². The second kappa shape index (κ2) is 6.81. The monoisotopic (exact) mass is 209 g/mol. The molecule has 15 heavy (non-hydrogen) atoms. The molecule has 3 heteroatoms. The number of rotatable bonds is 6. The number of hydrogen-bond acceptors (Lipinski definition) is 3. The molecule has 2 unspecified atom stereocenters. The number of nitriles is 1. The van der Waals surface area contributed by atoms with Gasteiger partial charge in [0.15, 0.2) is 0 Å². The van der Waals surface area contributed by atoms with Crippen molar-refractivity contribution in [2.24, 2.45) is 5.92 Å². The molecule has 0 aromatic carbocycles. The van der Waals surface area contributed by atoms with Gasteiger partial charge in [-0.15, -0.1) is 0 Å². The summed E-state index contributed by atoms with van der Waals surface area (Å²) >= 11 is 0. The highest BCUT2D eigenvalue weighted by Gasteiger charge is 2.14. The van der Waals surface area contributed by atoms with Crippen LogP contribution in [-0.4, -0.2) is 37.1 Å². The first-order valence-electron chi connectivity index (χ1n) is 6.05. The van der Waals surface area contributed by atoms with Crippen LogP contribution in [-0.2, 0) is 0 Å². The van der Waals surface area contributed by atoms with Crippen LogP contribution in [0.5, 0.6) is 0 Å². The largest absolute Gasteiger partial charge is 0.313 e. The Labute approximate surface area is 93.5 Å². The molecule has 1 aliphatic rings. The lowest BCUT2D eigenvalue weighted by Gasteiger charge is -2.21. The van der Waals surface area contributed by atoms with Gasteiger partial charge in [-0.25, -0.2) is 0 Å². The minimum absolute atomic E-state index is 0.330. The molecule has 0 bridgehead atoms. The Morgan fingerprint density at radius 3 is 2.60 bits per heavy atom. The van der Waals surface area contributed by atoms with Crippen LogP contribution in [0.1, 0.15) is 33.1 Å². The summed E-state index contributed by atoms with van der Waals surface area (Å²) in [7, 11) is 0. The van der Waals surface area contributed by atoms with Gasteiger partial charge in [0, 0.05) is 12.6 Å². The van der Waals surface area contributed by atoms with E-state index >= 15 is 0 Å². The van der Waals surface area contributed by atoms with Gasteiger partial charge in [0.1, 0.15) is 0 Å². The van der Waals surface area contributed by atoms with Crippen LogP contribution in [0.4, 0.5) is 0 Å². The molecule has 0 aromatic heterocycles. The van der Waals surface area contributed by atoms with Gasteiger partial charge < -0.3 is 10.2 Å². The van der Waals surface area contributed by atoms with Crippen molar-refractivity contribution < 1.29 is 0 Å². The van der Waals surface area contributed by atoms with Crippen LogP contribution in [0.25, 0.3) is 0 Å². The summed E-state index contributed by atoms with van der Waals surface area (Å²) in [6.07, 6.45) is 3.34. The molecule has 1 fully saturated rings. The summed E-state index contributed by atoms with van der Waals surface area (Å²) in [5.41, 5.74) is 0. The van der Waals surface area contributed by atoms with Gasteiger partial charge in [0.2, 0.25) is 0 Å². The summed E-state index contributed by atoms with van der Waals surface area (Å²) in [5, 5.41) is 11.9. The third kappa shape index (κ3) is 5.15. The quantitative estimate of drug-likeness (QED) is 0.722. The van der Waals surface area contributed by atoms with Crippen LogP contribution in [0, 0.1) is 17.2 Å². The molecule has 0 spiro atoms. The number of nitrogens with one attached hydrogen (secondary N) is 1. The number of hydrogen-bond donors (Lipinski definition) is 1. The van der Waals surface area contributed by atoms with Crippen molar-refractivity contribution in [3.63, 3.8) is 0 Å². The average Bonchev–Trinajstić information content (AvgIpc) is 2.68. The molecule has 1 saturated heterocycles. The fourth-order valence-corrected chi connectivity index (χ4v) is 2.08. The van der Waals surface area contributed by atoms with Gasteiger partial charge in [-0.1, -0.05) is 6.92 Å². The Bertz CT molecular complexity index is 203. The molecule has 86 valence electrons. The lowest BCUT2D eigenvalue weighted by molar-refractivity contribution is 0.279. The first kappa shape index (κ1) is 12.5. The van der Waals surface area contributed by atoms with E-state index in [-0.39, 0.29) is 0 Å². The molecule has 0 aromatic rings. The van der Waals surface area contributed by atoms with Gasteiger partial charge in [-0.2, -0.15) is 5.26 Å². The van der Waals surface area contributed by atoms with Gasteiger partial charge >= 0.3 is 0 Å². The standard InChI is InChI=1S/C12H23N3/c1-11(9-14-12(2)5-6-13)10-15-7-3-4-8-15/h11-12,14H,3-5,7-10H2,1-2H3. The second-order valence-corrected chi connectivity index (χ2v) is 4.78. The molecule has 1 heterocycles. The van der Waals surface area contributed by atoms with Crippen LogP contribution >= 0.6 is 0 Å². The Hall–Kier alpha value is -0.590. The van der Waals surface area contributed by atoms with E-state index in [4.69, 9.17) is 5.26 Å². The molecule has 0 radical (unpaired) electrons. The Morgan fingerprint density at radius 2 is 2.00 bits per heavy atom. The molecule has 0 amide bonds. The molecular formula is C12H23N3. The topological polar surface area (TPSA) is 39.1 Å². The van der Waals surface area contributed by atoms with Gasteiger partial charge in [0.25, 0.3) is 0 Å². The van der Waals surface area contributed by atoms with Crippen LogP contribution < -0.4 is 5.32 Å². The normalized spacial score (nSPS) is 21.1. The Kier molecular flexibility index (Phi) is 5.67. The van der Waals surface area contributed by atoms with Gasteiger partial charge in [-0.05, 0) is 45.3 Å². The van der Waals surface area contributed by atoms with Crippen molar-refractivity contribution >= 4 is 0 Å². The summed E-state index contributed by atoms with van der Waals surface area (Å²) in [6.45, 7) is 9.14. The molecule has 1 aliphatic heterocycles. The predicted octanol–water partition coefficient (Wildman–Crippen LogP) is 1.61. The lowest BCUT2D eigenvalue weighted by atomic mass is 10.1. The highest BCUT2D eigenvalue weighted by atomic mass is 15.1. The molecule has 0 saturated carbocycles. The third-order valence-electron chi connectivity index (χ3n) is 2.98. The van der Waals surface area contributed by atoms with Crippen molar-refractivity contribution in [2.75, 3.05) is 26.2 Å². The van der Waals surface area contributed by atoms with E-state index in [2.05, 4.69) is 30.1 Å². The minimum Gasteiger partial charge on any atom is -0.313 e. The fraction of sp³-hybridized carbons (Fsp3) is 0.917. The minimum atomic E-state index is 0.330. The number of nitrogens with zero attached hydrogens (tertiary/aromatic N) is 2. The lowest BCUT2D eigenvalue weighted by Crippen LogP contribution is -2.35. The molecule has 0 aliphatic carbocycles. The summed E-state index contributed by atoms with van der Waals surface area (Å²) in [4.78, 5) is 2.54. The fourth-order valence-electron chi connectivity index (χ4n) is 2.08. The first-order valence-corrected chi connectivity index (χ1v) is 6.05. The maximum atomic E-state index is 8.53. The predicted molar refractivity (Wildman–Crippen MR) is 62.5 cm³/mol. The van der Waals surface area contributed by atoms with Crippen molar-refractivity contribution in [1.82, 2.24) is 10.2 Å². The summed E-state index contributed by atoms with van der Waals surface area (Å²) in [6, 6.07) is 2.52. The Morgan fingerprint density at radius 1 is 1.33 bits per heavy atom. The summed E-state index contributed by atoms with van der Waals surface area (Å²) < 4.78 is 0. The van der Waals surface area contributed by atoms with Crippen LogP contribution in [0.3, 0.4) is 0 Å². The maximum Gasteiger partial charge on any atom is 0.0638 e. The summed E-state index contributed by atoms with van der Waals surface area (Å²) in [5.74, 6) is 0.684.